The summed E-state index contributed by atoms with van der Waals surface area (Å²) in [4.78, 5) is 32.8. The molecule has 3 heterocycles. The van der Waals surface area contributed by atoms with Crippen molar-refractivity contribution in [2.24, 2.45) is 5.92 Å². The van der Waals surface area contributed by atoms with Gasteiger partial charge in [0, 0.05) is 56.0 Å². The number of fused-ring (bicyclic) bond motifs is 1. The topological polar surface area (TPSA) is 53.5 Å². The molecule has 4 rings (SSSR count). The summed E-state index contributed by atoms with van der Waals surface area (Å²) < 4.78 is 0. The Labute approximate surface area is 163 Å². The third kappa shape index (κ3) is 3.86. The largest absolute Gasteiger partial charge is 0.342 e. The van der Waals surface area contributed by atoms with Crippen LogP contribution in [0.4, 0.5) is 0 Å². The van der Waals surface area contributed by atoms with E-state index < -0.39 is 0 Å². The third-order valence-electron chi connectivity index (χ3n) is 5.53. The van der Waals surface area contributed by atoms with Gasteiger partial charge in [-0.15, -0.1) is 11.8 Å². The molecule has 0 N–H and O–H groups in total. The Balaban J connectivity index is 1.36. The monoisotopic (exact) mass is 381 g/mol. The molecule has 1 aromatic heterocycles. The van der Waals surface area contributed by atoms with Crippen LogP contribution < -0.4 is 0 Å². The van der Waals surface area contributed by atoms with Crippen molar-refractivity contribution in [2.45, 2.75) is 29.7 Å². The number of piperidine rings is 1. The van der Waals surface area contributed by atoms with E-state index in [0.717, 1.165) is 29.3 Å². The molecule has 2 fully saturated rings. The number of carbonyl (C=O) groups excluding carboxylic acids is 2. The molecule has 5 nitrogen and oxygen atoms in total. The summed E-state index contributed by atoms with van der Waals surface area (Å²) in [6.45, 7) is 1.39. The fraction of sp³-hybridized carbons (Fsp3) is 0.381. The predicted molar refractivity (Wildman–Crippen MR) is 105 cm³/mol. The highest BCUT2D eigenvalue weighted by Gasteiger charge is 2.41. The van der Waals surface area contributed by atoms with Crippen LogP contribution in [0.2, 0.25) is 0 Å². The van der Waals surface area contributed by atoms with Gasteiger partial charge in [-0.05, 0) is 36.2 Å². The average molecular weight is 382 g/mol. The van der Waals surface area contributed by atoms with Gasteiger partial charge in [0.05, 0.1) is 5.03 Å². The first-order valence-electron chi connectivity index (χ1n) is 9.29. The second-order valence-corrected chi connectivity index (χ2v) is 8.23. The number of nitrogens with zero attached hydrogens (tertiary/aromatic N) is 3. The molecule has 2 aliphatic heterocycles. The van der Waals surface area contributed by atoms with Gasteiger partial charge in [0.1, 0.15) is 0 Å². The van der Waals surface area contributed by atoms with E-state index in [-0.39, 0.29) is 17.7 Å². The lowest BCUT2D eigenvalue weighted by atomic mass is 9.92. The molecule has 0 radical (unpaired) electrons. The van der Waals surface area contributed by atoms with Gasteiger partial charge in [0.2, 0.25) is 5.91 Å². The molecule has 2 aromatic rings. The van der Waals surface area contributed by atoms with Crippen molar-refractivity contribution < 1.29 is 9.59 Å². The number of pyridine rings is 1. The molecule has 0 unspecified atom stereocenters. The third-order valence-corrected chi connectivity index (χ3v) is 6.55. The summed E-state index contributed by atoms with van der Waals surface area (Å²) >= 11 is 1.68. The zero-order valence-electron chi connectivity index (χ0n) is 15.4. The Hall–Kier alpha value is -2.34. The number of benzene rings is 1. The van der Waals surface area contributed by atoms with Crippen molar-refractivity contribution >= 4 is 23.6 Å². The molecule has 0 saturated carbocycles. The standard InChI is InChI=1S/C21H23N3O2S/c1-23-18-9-11-24(13-17(18)12-20(23)25)21(26)16-7-5-15(6-8-16)14-27-19-4-2-3-10-22-19/h2-8,10,17-18H,9,11-14H2,1H3/t17-,18+/m1/s1. The number of rotatable bonds is 4. The molecule has 1 aromatic carbocycles. The second-order valence-electron chi connectivity index (χ2n) is 7.23. The highest BCUT2D eigenvalue weighted by Crippen LogP contribution is 2.31. The number of aromatic nitrogens is 1. The summed E-state index contributed by atoms with van der Waals surface area (Å²) in [5.41, 5.74) is 1.89. The molecule has 27 heavy (non-hydrogen) atoms. The van der Waals surface area contributed by atoms with Crippen LogP contribution in [0.1, 0.15) is 28.8 Å². The lowest BCUT2D eigenvalue weighted by molar-refractivity contribution is -0.127. The molecule has 2 atom stereocenters. The van der Waals surface area contributed by atoms with Gasteiger partial charge >= 0.3 is 0 Å². The molecule has 0 bridgehead atoms. The van der Waals surface area contributed by atoms with Crippen molar-refractivity contribution in [1.29, 1.82) is 0 Å². The van der Waals surface area contributed by atoms with Crippen LogP contribution in [0.15, 0.2) is 53.7 Å². The first kappa shape index (κ1) is 18.0. The van der Waals surface area contributed by atoms with Crippen LogP contribution in [0, 0.1) is 5.92 Å². The Bertz CT molecular complexity index is 825. The summed E-state index contributed by atoms with van der Waals surface area (Å²) in [5, 5.41) is 0.997. The first-order chi connectivity index (χ1) is 13.1. The van der Waals surface area contributed by atoms with Crippen LogP contribution in [-0.4, -0.2) is 52.8 Å². The van der Waals surface area contributed by atoms with Gasteiger partial charge in [-0.2, -0.15) is 0 Å². The van der Waals surface area contributed by atoms with Crippen molar-refractivity contribution in [3.63, 3.8) is 0 Å². The van der Waals surface area contributed by atoms with Crippen LogP contribution in [-0.2, 0) is 10.5 Å². The number of amides is 2. The van der Waals surface area contributed by atoms with Crippen molar-refractivity contribution in [1.82, 2.24) is 14.8 Å². The molecule has 0 spiro atoms. The highest BCUT2D eigenvalue weighted by atomic mass is 32.2. The van der Waals surface area contributed by atoms with Crippen LogP contribution in [0.5, 0.6) is 0 Å². The van der Waals surface area contributed by atoms with E-state index in [1.165, 1.54) is 5.56 Å². The Morgan fingerprint density at radius 2 is 2.04 bits per heavy atom. The number of carbonyl (C=O) groups is 2. The minimum atomic E-state index is 0.0689. The summed E-state index contributed by atoms with van der Waals surface area (Å²) in [6, 6.07) is 14.0. The number of hydrogen-bond acceptors (Lipinski definition) is 4. The molecule has 2 amide bonds. The molecule has 2 aliphatic rings. The van der Waals surface area contributed by atoms with E-state index >= 15 is 0 Å². The second kappa shape index (κ2) is 7.72. The van der Waals surface area contributed by atoms with E-state index in [4.69, 9.17) is 0 Å². The minimum absolute atomic E-state index is 0.0689. The lowest BCUT2D eigenvalue weighted by Crippen LogP contribution is -2.47. The van der Waals surface area contributed by atoms with E-state index in [0.29, 0.717) is 19.0 Å². The van der Waals surface area contributed by atoms with Crippen molar-refractivity contribution in [3.05, 3.63) is 59.8 Å². The first-order valence-corrected chi connectivity index (χ1v) is 10.3. The maximum atomic E-state index is 12.9. The molecule has 140 valence electrons. The van der Waals surface area contributed by atoms with Crippen LogP contribution in [0.25, 0.3) is 0 Å². The maximum Gasteiger partial charge on any atom is 0.253 e. The van der Waals surface area contributed by atoms with Gasteiger partial charge in [-0.25, -0.2) is 4.98 Å². The Morgan fingerprint density at radius 1 is 1.22 bits per heavy atom. The summed E-state index contributed by atoms with van der Waals surface area (Å²) in [5.74, 6) is 1.37. The minimum Gasteiger partial charge on any atom is -0.342 e. The molecule has 2 saturated heterocycles. The number of hydrogen-bond donors (Lipinski definition) is 0. The van der Waals surface area contributed by atoms with E-state index in [1.54, 1.807) is 18.0 Å². The number of likely N-dealkylation sites (tertiary alicyclic amines) is 2. The van der Waals surface area contributed by atoms with E-state index in [1.807, 2.05) is 59.3 Å². The maximum absolute atomic E-state index is 12.9. The average Bonchev–Trinajstić information content (AvgIpc) is 3.00. The van der Waals surface area contributed by atoms with Gasteiger partial charge in [-0.3, -0.25) is 9.59 Å². The fourth-order valence-corrected chi connectivity index (χ4v) is 4.80. The van der Waals surface area contributed by atoms with E-state index in [9.17, 15) is 9.59 Å². The molecular formula is C21H23N3O2S. The quantitative estimate of drug-likeness (QED) is 0.764. The van der Waals surface area contributed by atoms with Crippen molar-refractivity contribution in [3.8, 4) is 0 Å². The van der Waals surface area contributed by atoms with Gasteiger partial charge < -0.3 is 9.80 Å². The molecule has 6 heteroatoms. The SMILES string of the molecule is CN1C(=O)C[C@@H]2CN(C(=O)c3ccc(CSc4ccccn4)cc3)CC[C@@H]21. The van der Waals surface area contributed by atoms with E-state index in [2.05, 4.69) is 4.98 Å². The highest BCUT2D eigenvalue weighted by molar-refractivity contribution is 7.98. The Kier molecular flexibility index (Phi) is 5.16. The van der Waals surface area contributed by atoms with Crippen LogP contribution in [0.3, 0.4) is 0 Å². The summed E-state index contributed by atoms with van der Waals surface area (Å²) in [6.07, 6.45) is 3.23. The zero-order chi connectivity index (χ0) is 18.8. The summed E-state index contributed by atoms with van der Waals surface area (Å²) in [7, 11) is 1.88. The zero-order valence-corrected chi connectivity index (χ0v) is 16.2. The smallest absolute Gasteiger partial charge is 0.253 e. The van der Waals surface area contributed by atoms with Gasteiger partial charge in [0.25, 0.3) is 5.91 Å². The lowest BCUT2D eigenvalue weighted by Gasteiger charge is -2.36. The van der Waals surface area contributed by atoms with Crippen LogP contribution >= 0.6 is 11.8 Å². The normalized spacial score (nSPS) is 22.0. The predicted octanol–water partition coefficient (Wildman–Crippen LogP) is 3.07. The number of thioether (sulfide) groups is 1. The van der Waals surface area contributed by atoms with Gasteiger partial charge in [-0.1, -0.05) is 18.2 Å². The fourth-order valence-electron chi connectivity index (χ4n) is 3.98. The molecular weight excluding hydrogens is 358 g/mol. The van der Waals surface area contributed by atoms with Gasteiger partial charge in [0.15, 0.2) is 0 Å². The van der Waals surface area contributed by atoms with Crippen molar-refractivity contribution in [2.75, 3.05) is 20.1 Å². The molecule has 0 aliphatic carbocycles. The Morgan fingerprint density at radius 3 is 2.78 bits per heavy atom.